The third-order valence-electron chi connectivity index (χ3n) is 3.19. The monoisotopic (exact) mass is 305 g/mol. The van der Waals surface area contributed by atoms with E-state index in [2.05, 4.69) is 28.6 Å². The average molecular weight is 306 g/mol. The van der Waals surface area contributed by atoms with Gasteiger partial charge in [0.05, 0.1) is 5.02 Å². The second-order valence-corrected chi connectivity index (χ2v) is 6.15. The fourth-order valence-electron chi connectivity index (χ4n) is 2.18. The Morgan fingerprint density at radius 3 is 2.95 bits per heavy atom. The SMILES string of the molecule is Clc1c(CNCCCn2cccn2)sc2ccccc12. The maximum Gasteiger partial charge on any atom is 0.0636 e. The molecule has 0 aliphatic heterocycles. The van der Waals surface area contributed by atoms with Crippen molar-refractivity contribution in [2.45, 2.75) is 19.5 Å². The molecule has 0 bridgehead atoms. The van der Waals surface area contributed by atoms with Crippen LogP contribution in [0.15, 0.2) is 42.7 Å². The van der Waals surface area contributed by atoms with Crippen LogP contribution in [0.4, 0.5) is 0 Å². The lowest BCUT2D eigenvalue weighted by Gasteiger charge is -2.04. The average Bonchev–Trinajstić information content (AvgIpc) is 3.08. The van der Waals surface area contributed by atoms with Crippen LogP contribution in [0, 0.1) is 0 Å². The van der Waals surface area contributed by atoms with Gasteiger partial charge in [0.1, 0.15) is 0 Å². The van der Waals surface area contributed by atoms with Crippen molar-refractivity contribution in [2.75, 3.05) is 6.54 Å². The molecule has 0 spiro atoms. The number of nitrogens with zero attached hydrogens (tertiary/aromatic N) is 2. The molecule has 5 heteroatoms. The number of aryl methyl sites for hydroxylation is 1. The molecule has 0 saturated carbocycles. The van der Waals surface area contributed by atoms with E-state index in [1.807, 2.05) is 29.2 Å². The number of fused-ring (bicyclic) bond motifs is 1. The third-order valence-corrected chi connectivity index (χ3v) is 4.90. The summed E-state index contributed by atoms with van der Waals surface area (Å²) in [5, 5.41) is 9.69. The summed E-state index contributed by atoms with van der Waals surface area (Å²) in [5.74, 6) is 0. The zero-order valence-corrected chi connectivity index (χ0v) is 12.6. The summed E-state index contributed by atoms with van der Waals surface area (Å²) >= 11 is 8.18. The van der Waals surface area contributed by atoms with Gasteiger partial charge in [-0.25, -0.2) is 0 Å². The van der Waals surface area contributed by atoms with Gasteiger partial charge in [-0.2, -0.15) is 5.10 Å². The molecule has 0 amide bonds. The number of benzene rings is 1. The summed E-state index contributed by atoms with van der Waals surface area (Å²) in [6.45, 7) is 2.74. The first-order valence-electron chi connectivity index (χ1n) is 6.68. The van der Waals surface area contributed by atoms with E-state index in [-0.39, 0.29) is 0 Å². The van der Waals surface area contributed by atoms with Crippen molar-refractivity contribution >= 4 is 33.0 Å². The van der Waals surface area contributed by atoms with Gasteiger partial charge in [-0.15, -0.1) is 11.3 Å². The minimum absolute atomic E-state index is 0.831. The lowest BCUT2D eigenvalue weighted by molar-refractivity contribution is 0.544. The molecule has 0 saturated heterocycles. The minimum atomic E-state index is 0.831. The number of hydrogen-bond donors (Lipinski definition) is 1. The molecule has 1 aromatic carbocycles. The molecule has 2 heterocycles. The van der Waals surface area contributed by atoms with E-state index >= 15 is 0 Å². The van der Waals surface area contributed by atoms with Crippen LogP contribution < -0.4 is 5.32 Å². The molecule has 20 heavy (non-hydrogen) atoms. The number of halogens is 1. The summed E-state index contributed by atoms with van der Waals surface area (Å²) in [6.07, 6.45) is 4.86. The summed E-state index contributed by atoms with van der Waals surface area (Å²) in [4.78, 5) is 1.21. The smallest absolute Gasteiger partial charge is 0.0636 e. The lowest BCUT2D eigenvalue weighted by Crippen LogP contribution is -2.16. The van der Waals surface area contributed by atoms with E-state index in [0.29, 0.717) is 0 Å². The van der Waals surface area contributed by atoms with Crippen LogP contribution >= 0.6 is 22.9 Å². The Balaban J connectivity index is 1.51. The Morgan fingerprint density at radius 2 is 2.15 bits per heavy atom. The predicted octanol–water partition coefficient (Wildman–Crippen LogP) is 3.93. The number of rotatable bonds is 6. The molecule has 3 aromatic rings. The van der Waals surface area contributed by atoms with Crippen molar-refractivity contribution in [3.63, 3.8) is 0 Å². The van der Waals surface area contributed by atoms with Crippen LogP contribution in [0.1, 0.15) is 11.3 Å². The van der Waals surface area contributed by atoms with Crippen LogP contribution in [-0.4, -0.2) is 16.3 Å². The van der Waals surface area contributed by atoms with E-state index in [9.17, 15) is 0 Å². The largest absolute Gasteiger partial charge is 0.312 e. The van der Waals surface area contributed by atoms with Crippen LogP contribution in [-0.2, 0) is 13.1 Å². The van der Waals surface area contributed by atoms with Crippen LogP contribution in [0.2, 0.25) is 5.02 Å². The third kappa shape index (κ3) is 3.03. The van der Waals surface area contributed by atoms with Crippen molar-refractivity contribution in [3.05, 3.63) is 52.6 Å². The fourth-order valence-corrected chi connectivity index (χ4v) is 3.65. The summed E-state index contributed by atoms with van der Waals surface area (Å²) in [5.41, 5.74) is 0. The Hall–Kier alpha value is -1.36. The second kappa shape index (κ2) is 6.39. The molecular formula is C15H16ClN3S. The summed E-state index contributed by atoms with van der Waals surface area (Å²) < 4.78 is 3.21. The normalized spacial score (nSPS) is 11.2. The molecule has 0 radical (unpaired) electrons. The van der Waals surface area contributed by atoms with E-state index in [4.69, 9.17) is 11.6 Å². The molecule has 3 nitrogen and oxygen atoms in total. The minimum Gasteiger partial charge on any atom is -0.312 e. The molecule has 0 fully saturated rings. The van der Waals surface area contributed by atoms with Gasteiger partial charge in [-0.3, -0.25) is 4.68 Å². The summed E-state index contributed by atoms with van der Waals surface area (Å²) in [6, 6.07) is 10.2. The topological polar surface area (TPSA) is 29.9 Å². The van der Waals surface area contributed by atoms with Crippen LogP contribution in [0.5, 0.6) is 0 Å². The fraction of sp³-hybridized carbons (Fsp3) is 0.267. The maximum atomic E-state index is 6.41. The Morgan fingerprint density at radius 1 is 1.25 bits per heavy atom. The first kappa shape index (κ1) is 13.6. The first-order valence-corrected chi connectivity index (χ1v) is 7.88. The molecule has 0 aliphatic carbocycles. The van der Waals surface area contributed by atoms with E-state index in [1.54, 1.807) is 11.3 Å². The van der Waals surface area contributed by atoms with Crippen molar-refractivity contribution < 1.29 is 0 Å². The van der Waals surface area contributed by atoms with Crippen LogP contribution in [0.3, 0.4) is 0 Å². The highest BCUT2D eigenvalue weighted by molar-refractivity contribution is 7.19. The van der Waals surface area contributed by atoms with Gasteiger partial charge >= 0.3 is 0 Å². The highest BCUT2D eigenvalue weighted by Gasteiger charge is 2.08. The number of thiophene rings is 1. The van der Waals surface area contributed by atoms with Gasteiger partial charge in [0.15, 0.2) is 0 Å². The number of hydrogen-bond acceptors (Lipinski definition) is 3. The Kier molecular flexibility index (Phi) is 4.35. The van der Waals surface area contributed by atoms with Gasteiger partial charge in [-0.05, 0) is 25.1 Å². The highest BCUT2D eigenvalue weighted by Crippen LogP contribution is 2.34. The lowest BCUT2D eigenvalue weighted by atomic mass is 10.2. The summed E-state index contributed by atoms with van der Waals surface area (Å²) in [7, 11) is 0. The molecule has 0 unspecified atom stereocenters. The highest BCUT2D eigenvalue weighted by atomic mass is 35.5. The van der Waals surface area contributed by atoms with Crippen molar-refractivity contribution in [1.82, 2.24) is 15.1 Å². The second-order valence-electron chi connectivity index (χ2n) is 4.63. The molecular weight excluding hydrogens is 290 g/mol. The quantitative estimate of drug-likeness (QED) is 0.699. The zero-order chi connectivity index (χ0) is 13.8. The van der Waals surface area contributed by atoms with Gasteiger partial charge < -0.3 is 5.32 Å². The molecule has 0 atom stereocenters. The predicted molar refractivity (Wildman–Crippen MR) is 85.4 cm³/mol. The van der Waals surface area contributed by atoms with Crippen molar-refractivity contribution in [2.24, 2.45) is 0 Å². The van der Waals surface area contributed by atoms with Gasteiger partial charge in [-0.1, -0.05) is 29.8 Å². The van der Waals surface area contributed by atoms with Gasteiger partial charge in [0, 0.05) is 40.4 Å². The first-order chi connectivity index (χ1) is 9.84. The standard InChI is InChI=1S/C15H16ClN3S/c16-15-12-5-1-2-6-13(12)20-14(15)11-17-7-3-9-19-10-4-8-18-19/h1-2,4-6,8,10,17H,3,7,9,11H2. The van der Waals surface area contributed by atoms with E-state index in [1.165, 1.54) is 9.58 Å². The van der Waals surface area contributed by atoms with E-state index in [0.717, 1.165) is 36.5 Å². The Bertz CT molecular complexity index is 676. The van der Waals surface area contributed by atoms with Crippen molar-refractivity contribution in [3.8, 4) is 0 Å². The zero-order valence-electron chi connectivity index (χ0n) is 11.1. The Labute approximate surface area is 127 Å². The van der Waals surface area contributed by atoms with Crippen LogP contribution in [0.25, 0.3) is 10.1 Å². The molecule has 2 aromatic heterocycles. The van der Waals surface area contributed by atoms with Gasteiger partial charge in [0.2, 0.25) is 0 Å². The van der Waals surface area contributed by atoms with Gasteiger partial charge in [0.25, 0.3) is 0 Å². The molecule has 1 N–H and O–H groups in total. The number of aromatic nitrogens is 2. The van der Waals surface area contributed by atoms with Crippen molar-refractivity contribution in [1.29, 1.82) is 0 Å². The maximum absolute atomic E-state index is 6.41. The molecule has 0 aliphatic rings. The number of nitrogens with one attached hydrogen (secondary N) is 1. The molecule has 104 valence electrons. The van der Waals surface area contributed by atoms with E-state index < -0.39 is 0 Å². The molecule has 3 rings (SSSR count).